The Morgan fingerprint density at radius 3 is 2.88 bits per heavy atom. The summed E-state index contributed by atoms with van der Waals surface area (Å²) in [5, 5.41) is 10.2. The van der Waals surface area contributed by atoms with Gasteiger partial charge in [0, 0.05) is 42.1 Å². The molecule has 1 aliphatic heterocycles. The maximum atomic E-state index is 12.7. The number of thiophene rings is 1. The monoisotopic (exact) mass is 474 g/mol. The van der Waals surface area contributed by atoms with Gasteiger partial charge in [-0.05, 0) is 37.1 Å². The largest absolute Gasteiger partial charge is 0.383 e. The summed E-state index contributed by atoms with van der Waals surface area (Å²) in [4.78, 5) is 39.8. The molecule has 10 nitrogen and oxygen atoms in total. The molecule has 0 bridgehead atoms. The number of rotatable bonds is 5. The molecular weight excluding hydrogens is 452 g/mol. The van der Waals surface area contributed by atoms with Crippen molar-refractivity contribution in [2.24, 2.45) is 0 Å². The molecule has 1 aliphatic rings. The van der Waals surface area contributed by atoms with Crippen LogP contribution in [0.1, 0.15) is 28.6 Å². The Bertz CT molecular complexity index is 1380. The number of hydrogen-bond donors (Lipinski definition) is 2. The standard InChI is InChI=1S/C23H22N8O2S/c1-2-18(32)30-9-3-4-16(11-30)31-22-19(21(24)26-13-27-22)20(29-31)14-10-17(34-12-14)23(33)28-15-5-7-25-8-6-15/h2,5-8,10,12-13,16H,1,3-4,9,11H2,(H2,24,26,27)(H,25,28,33)/t16-/m1/s1. The number of fused-ring (bicyclic) bond motifs is 1. The minimum Gasteiger partial charge on any atom is -0.383 e. The number of piperidine rings is 1. The molecule has 3 N–H and O–H groups in total. The molecule has 4 aromatic rings. The quantitative estimate of drug-likeness (QED) is 0.425. The molecule has 11 heteroatoms. The Balaban J connectivity index is 1.50. The molecule has 5 rings (SSSR count). The number of hydrogen-bond acceptors (Lipinski definition) is 8. The highest BCUT2D eigenvalue weighted by Crippen LogP contribution is 2.35. The van der Waals surface area contributed by atoms with Crippen LogP contribution in [0.5, 0.6) is 0 Å². The topological polar surface area (TPSA) is 132 Å². The molecule has 0 aromatic carbocycles. The predicted molar refractivity (Wildman–Crippen MR) is 130 cm³/mol. The Morgan fingerprint density at radius 2 is 2.09 bits per heavy atom. The van der Waals surface area contributed by atoms with E-state index in [2.05, 4.69) is 26.8 Å². The van der Waals surface area contributed by atoms with Gasteiger partial charge in [-0.1, -0.05) is 6.58 Å². The number of amides is 2. The van der Waals surface area contributed by atoms with Gasteiger partial charge in [-0.15, -0.1) is 11.3 Å². The van der Waals surface area contributed by atoms with Crippen LogP contribution in [0.3, 0.4) is 0 Å². The molecule has 5 heterocycles. The molecule has 34 heavy (non-hydrogen) atoms. The first-order valence-electron chi connectivity index (χ1n) is 10.8. The average Bonchev–Trinajstić information content (AvgIpc) is 3.50. The van der Waals surface area contributed by atoms with Crippen LogP contribution in [-0.4, -0.2) is 54.5 Å². The fourth-order valence-electron chi connectivity index (χ4n) is 4.14. The summed E-state index contributed by atoms with van der Waals surface area (Å²) >= 11 is 1.32. The van der Waals surface area contributed by atoms with Crippen molar-refractivity contribution in [3.8, 4) is 11.3 Å². The minimum atomic E-state index is -0.221. The maximum absolute atomic E-state index is 12.7. The van der Waals surface area contributed by atoms with Crippen molar-refractivity contribution >= 4 is 45.7 Å². The SMILES string of the molecule is C=CC(=O)N1CCC[C@@H](n2nc(-c3csc(C(=O)Nc4ccncc4)c3)c3c(N)ncnc32)C1. The zero-order chi connectivity index (χ0) is 23.7. The van der Waals surface area contributed by atoms with Crippen molar-refractivity contribution in [3.05, 3.63) is 59.8 Å². The van der Waals surface area contributed by atoms with Crippen LogP contribution in [0.4, 0.5) is 11.5 Å². The number of likely N-dealkylation sites (tertiary alicyclic amines) is 1. The van der Waals surface area contributed by atoms with Gasteiger partial charge in [0.05, 0.1) is 16.3 Å². The molecule has 0 unspecified atom stereocenters. The van der Waals surface area contributed by atoms with Gasteiger partial charge in [0.15, 0.2) is 5.65 Å². The van der Waals surface area contributed by atoms with E-state index in [4.69, 9.17) is 10.8 Å². The zero-order valence-corrected chi connectivity index (χ0v) is 19.0. The summed E-state index contributed by atoms with van der Waals surface area (Å²) in [5.74, 6) is -0.00504. The van der Waals surface area contributed by atoms with Crippen LogP contribution in [-0.2, 0) is 4.79 Å². The van der Waals surface area contributed by atoms with Crippen LogP contribution in [0, 0.1) is 0 Å². The lowest BCUT2D eigenvalue weighted by Gasteiger charge is -2.32. The van der Waals surface area contributed by atoms with Crippen molar-refractivity contribution < 1.29 is 9.59 Å². The molecule has 1 saturated heterocycles. The highest BCUT2D eigenvalue weighted by Gasteiger charge is 2.28. The fraction of sp³-hybridized carbons (Fsp3) is 0.217. The number of carbonyl (C=O) groups excluding carboxylic acids is 2. The number of pyridine rings is 1. The number of nitrogen functional groups attached to an aromatic ring is 1. The van der Waals surface area contributed by atoms with Crippen LogP contribution in [0.2, 0.25) is 0 Å². The molecule has 0 saturated carbocycles. The normalized spacial score (nSPS) is 15.9. The van der Waals surface area contributed by atoms with Crippen molar-refractivity contribution in [3.63, 3.8) is 0 Å². The molecule has 0 spiro atoms. The van der Waals surface area contributed by atoms with E-state index in [-0.39, 0.29) is 17.9 Å². The van der Waals surface area contributed by atoms with Gasteiger partial charge >= 0.3 is 0 Å². The summed E-state index contributed by atoms with van der Waals surface area (Å²) in [5.41, 5.74) is 8.88. The van der Waals surface area contributed by atoms with Gasteiger partial charge in [0.1, 0.15) is 17.8 Å². The molecule has 0 radical (unpaired) electrons. The second-order valence-electron chi connectivity index (χ2n) is 7.92. The van der Waals surface area contributed by atoms with E-state index in [0.717, 1.165) is 18.4 Å². The highest BCUT2D eigenvalue weighted by molar-refractivity contribution is 7.12. The Hall–Kier alpha value is -4.12. The molecular formula is C23H22N8O2S. The van der Waals surface area contributed by atoms with Crippen molar-refractivity contribution in [2.45, 2.75) is 18.9 Å². The van der Waals surface area contributed by atoms with E-state index >= 15 is 0 Å². The second-order valence-corrected chi connectivity index (χ2v) is 8.84. The summed E-state index contributed by atoms with van der Waals surface area (Å²) < 4.78 is 1.83. The first-order valence-corrected chi connectivity index (χ1v) is 11.6. The number of carbonyl (C=O) groups is 2. The van der Waals surface area contributed by atoms with Crippen molar-refractivity contribution in [1.82, 2.24) is 29.6 Å². The summed E-state index contributed by atoms with van der Waals surface area (Å²) in [7, 11) is 0. The smallest absolute Gasteiger partial charge is 0.265 e. The number of nitrogens with zero attached hydrogens (tertiary/aromatic N) is 6. The number of nitrogens with two attached hydrogens (primary N) is 1. The summed E-state index contributed by atoms with van der Waals surface area (Å²) in [6.45, 7) is 4.79. The van der Waals surface area contributed by atoms with Crippen LogP contribution in [0.25, 0.3) is 22.3 Å². The third kappa shape index (κ3) is 4.01. The first kappa shape index (κ1) is 21.7. The maximum Gasteiger partial charge on any atom is 0.265 e. The van der Waals surface area contributed by atoms with Crippen LogP contribution >= 0.6 is 11.3 Å². The lowest BCUT2D eigenvalue weighted by molar-refractivity contribution is -0.127. The Morgan fingerprint density at radius 1 is 1.26 bits per heavy atom. The molecule has 172 valence electrons. The molecule has 2 amide bonds. The Labute approximate surface area is 199 Å². The summed E-state index contributed by atoms with van der Waals surface area (Å²) in [6.07, 6.45) is 7.68. The number of anilines is 2. The van der Waals surface area contributed by atoms with Gasteiger partial charge in [-0.25, -0.2) is 14.6 Å². The van der Waals surface area contributed by atoms with Gasteiger partial charge in [0.25, 0.3) is 5.91 Å². The van der Waals surface area contributed by atoms with E-state index in [1.807, 2.05) is 10.1 Å². The second kappa shape index (κ2) is 9.02. The Kier molecular flexibility index (Phi) is 5.76. The minimum absolute atomic E-state index is 0.0590. The van der Waals surface area contributed by atoms with Gasteiger partial charge in [-0.3, -0.25) is 14.6 Å². The van der Waals surface area contributed by atoms with E-state index < -0.39 is 0 Å². The van der Waals surface area contributed by atoms with Crippen LogP contribution < -0.4 is 11.1 Å². The highest BCUT2D eigenvalue weighted by atomic mass is 32.1. The first-order chi connectivity index (χ1) is 16.5. The molecule has 4 aromatic heterocycles. The third-order valence-electron chi connectivity index (χ3n) is 5.78. The fourth-order valence-corrected chi connectivity index (χ4v) is 4.93. The van der Waals surface area contributed by atoms with Gasteiger partial charge in [-0.2, -0.15) is 5.10 Å². The van der Waals surface area contributed by atoms with E-state index in [9.17, 15) is 9.59 Å². The summed E-state index contributed by atoms with van der Waals surface area (Å²) in [6, 6.07) is 5.18. The lowest BCUT2D eigenvalue weighted by atomic mass is 10.1. The zero-order valence-electron chi connectivity index (χ0n) is 18.2. The molecule has 1 atom stereocenters. The predicted octanol–water partition coefficient (Wildman–Crippen LogP) is 3.13. The molecule has 0 aliphatic carbocycles. The lowest BCUT2D eigenvalue weighted by Crippen LogP contribution is -2.40. The van der Waals surface area contributed by atoms with E-state index in [0.29, 0.717) is 46.2 Å². The van der Waals surface area contributed by atoms with Crippen LogP contribution in [0.15, 0.2) is 55.0 Å². The van der Waals surface area contributed by atoms with Gasteiger partial charge in [0.2, 0.25) is 5.91 Å². The number of aromatic nitrogens is 5. The van der Waals surface area contributed by atoms with E-state index in [1.165, 1.54) is 23.7 Å². The third-order valence-corrected chi connectivity index (χ3v) is 6.71. The van der Waals surface area contributed by atoms with Crippen molar-refractivity contribution in [1.29, 1.82) is 0 Å². The average molecular weight is 475 g/mol. The van der Waals surface area contributed by atoms with Gasteiger partial charge < -0.3 is 16.0 Å². The number of nitrogens with one attached hydrogen (secondary N) is 1. The molecule has 1 fully saturated rings. The van der Waals surface area contributed by atoms with Crippen molar-refractivity contribution in [2.75, 3.05) is 24.1 Å². The van der Waals surface area contributed by atoms with E-state index in [1.54, 1.807) is 35.5 Å².